The van der Waals surface area contributed by atoms with Gasteiger partial charge in [0.1, 0.15) is 17.6 Å². The van der Waals surface area contributed by atoms with Crippen molar-refractivity contribution in [1.82, 2.24) is 9.97 Å². The molecular formula is C10H7ClN2O. The van der Waals surface area contributed by atoms with Crippen LogP contribution in [0, 0.1) is 0 Å². The molecule has 0 unspecified atom stereocenters. The molecule has 0 bridgehead atoms. The van der Waals surface area contributed by atoms with E-state index in [2.05, 4.69) is 16.0 Å². The van der Waals surface area contributed by atoms with Crippen LogP contribution in [-0.4, -0.2) is 9.97 Å². The number of nitrogens with zero attached hydrogens (tertiary/aromatic N) is 2. The first-order valence-electron chi connectivity index (χ1n) is 4.44. The molecule has 2 aromatic rings. The highest BCUT2D eigenvalue weighted by Crippen LogP contribution is 2.31. The SMILES string of the molecule is Clc1ncnc2c3c(oc12)C=CCC3. The highest BCUT2D eigenvalue weighted by atomic mass is 35.5. The van der Waals surface area contributed by atoms with Gasteiger partial charge < -0.3 is 4.42 Å². The third-order valence-electron chi connectivity index (χ3n) is 2.39. The van der Waals surface area contributed by atoms with Gasteiger partial charge >= 0.3 is 0 Å². The molecule has 2 heterocycles. The molecule has 0 atom stereocenters. The topological polar surface area (TPSA) is 38.9 Å². The van der Waals surface area contributed by atoms with Crippen LogP contribution in [-0.2, 0) is 6.42 Å². The van der Waals surface area contributed by atoms with Crippen LogP contribution in [0.4, 0.5) is 0 Å². The number of rotatable bonds is 0. The molecule has 0 saturated heterocycles. The molecule has 0 spiro atoms. The zero-order valence-corrected chi connectivity index (χ0v) is 8.08. The molecule has 1 aliphatic rings. The molecular weight excluding hydrogens is 200 g/mol. The monoisotopic (exact) mass is 206 g/mol. The van der Waals surface area contributed by atoms with E-state index >= 15 is 0 Å². The van der Waals surface area contributed by atoms with Crippen molar-refractivity contribution in [3.05, 3.63) is 28.9 Å². The third kappa shape index (κ3) is 0.990. The van der Waals surface area contributed by atoms with Crippen molar-refractivity contribution in [2.75, 3.05) is 0 Å². The highest BCUT2D eigenvalue weighted by molar-refractivity contribution is 6.33. The molecule has 0 N–H and O–H groups in total. The van der Waals surface area contributed by atoms with Gasteiger partial charge in [-0.05, 0) is 18.9 Å². The van der Waals surface area contributed by atoms with E-state index in [1.54, 1.807) is 0 Å². The fraction of sp³-hybridized carbons (Fsp3) is 0.200. The van der Waals surface area contributed by atoms with Gasteiger partial charge in [-0.15, -0.1) is 0 Å². The second-order valence-electron chi connectivity index (χ2n) is 3.23. The second kappa shape index (κ2) is 2.82. The van der Waals surface area contributed by atoms with Crippen LogP contribution < -0.4 is 0 Å². The third-order valence-corrected chi connectivity index (χ3v) is 2.66. The van der Waals surface area contributed by atoms with Gasteiger partial charge in [0.2, 0.25) is 0 Å². The van der Waals surface area contributed by atoms with E-state index < -0.39 is 0 Å². The maximum Gasteiger partial charge on any atom is 0.190 e. The number of halogens is 1. The highest BCUT2D eigenvalue weighted by Gasteiger charge is 2.17. The first-order chi connectivity index (χ1) is 6.86. The Bertz CT molecular complexity index is 530. The zero-order valence-electron chi connectivity index (χ0n) is 7.33. The van der Waals surface area contributed by atoms with Gasteiger partial charge in [-0.3, -0.25) is 0 Å². The minimum atomic E-state index is 0.387. The van der Waals surface area contributed by atoms with Crippen LogP contribution in [0.1, 0.15) is 17.7 Å². The first-order valence-corrected chi connectivity index (χ1v) is 4.82. The number of fused-ring (bicyclic) bond motifs is 3. The van der Waals surface area contributed by atoms with Crippen LogP contribution in [0.15, 0.2) is 16.8 Å². The normalized spacial score (nSPS) is 14.6. The Morgan fingerprint density at radius 3 is 3.21 bits per heavy atom. The lowest BCUT2D eigenvalue weighted by Gasteiger charge is -2.00. The molecule has 0 radical (unpaired) electrons. The van der Waals surface area contributed by atoms with E-state index in [1.807, 2.05) is 6.08 Å². The Balaban J connectivity index is 2.43. The summed E-state index contributed by atoms with van der Waals surface area (Å²) >= 11 is 5.91. The Hall–Kier alpha value is -1.35. The molecule has 0 fully saturated rings. The average Bonchev–Trinajstić information content (AvgIpc) is 2.59. The lowest BCUT2D eigenvalue weighted by atomic mass is 10.0. The number of furan rings is 1. The Morgan fingerprint density at radius 1 is 1.36 bits per heavy atom. The summed E-state index contributed by atoms with van der Waals surface area (Å²) in [7, 11) is 0. The second-order valence-corrected chi connectivity index (χ2v) is 3.59. The predicted molar refractivity (Wildman–Crippen MR) is 54.2 cm³/mol. The number of hydrogen-bond acceptors (Lipinski definition) is 3. The van der Waals surface area contributed by atoms with Crippen molar-refractivity contribution in [1.29, 1.82) is 0 Å². The van der Waals surface area contributed by atoms with E-state index in [0.717, 1.165) is 29.7 Å². The number of aromatic nitrogens is 2. The van der Waals surface area contributed by atoms with E-state index in [-0.39, 0.29) is 0 Å². The fourth-order valence-corrected chi connectivity index (χ4v) is 1.91. The fourth-order valence-electron chi connectivity index (χ4n) is 1.74. The summed E-state index contributed by atoms with van der Waals surface area (Å²) in [6, 6.07) is 0. The van der Waals surface area contributed by atoms with Gasteiger partial charge in [-0.25, -0.2) is 9.97 Å². The van der Waals surface area contributed by atoms with Crippen molar-refractivity contribution in [2.45, 2.75) is 12.8 Å². The van der Waals surface area contributed by atoms with E-state index in [0.29, 0.717) is 10.7 Å². The lowest BCUT2D eigenvalue weighted by molar-refractivity contribution is 0.594. The summed E-state index contributed by atoms with van der Waals surface area (Å²) in [5, 5.41) is 0.387. The molecule has 0 saturated carbocycles. The van der Waals surface area contributed by atoms with Gasteiger partial charge in [0.25, 0.3) is 0 Å². The van der Waals surface area contributed by atoms with E-state index in [1.165, 1.54) is 6.33 Å². The quantitative estimate of drug-likeness (QED) is 0.623. The van der Waals surface area contributed by atoms with Crippen LogP contribution in [0.3, 0.4) is 0 Å². The van der Waals surface area contributed by atoms with Crippen LogP contribution in [0.2, 0.25) is 5.15 Å². The Morgan fingerprint density at radius 2 is 2.29 bits per heavy atom. The molecule has 2 aromatic heterocycles. The Labute approximate surface area is 85.4 Å². The summed E-state index contributed by atoms with van der Waals surface area (Å²) in [5.74, 6) is 0.869. The molecule has 0 aliphatic heterocycles. The molecule has 4 heteroatoms. The van der Waals surface area contributed by atoms with Gasteiger partial charge in [0, 0.05) is 5.56 Å². The first kappa shape index (κ1) is 8.00. The van der Waals surface area contributed by atoms with Crippen molar-refractivity contribution >= 4 is 28.8 Å². The summed E-state index contributed by atoms with van der Waals surface area (Å²) in [6.07, 6.45) is 7.52. The average molecular weight is 207 g/mol. The summed E-state index contributed by atoms with van der Waals surface area (Å²) < 4.78 is 5.58. The summed E-state index contributed by atoms with van der Waals surface area (Å²) in [4.78, 5) is 8.08. The minimum absolute atomic E-state index is 0.387. The molecule has 1 aliphatic carbocycles. The lowest BCUT2D eigenvalue weighted by Crippen LogP contribution is -1.90. The van der Waals surface area contributed by atoms with Crippen LogP contribution in [0.5, 0.6) is 0 Å². The standard InChI is InChI=1S/C10H7ClN2O/c11-10-9-8(12-5-13-10)6-3-1-2-4-7(6)14-9/h2,4-5H,1,3H2. The Kier molecular flexibility index (Phi) is 1.61. The smallest absolute Gasteiger partial charge is 0.190 e. The van der Waals surface area contributed by atoms with Gasteiger partial charge in [0.15, 0.2) is 10.7 Å². The van der Waals surface area contributed by atoms with Crippen molar-refractivity contribution < 1.29 is 4.42 Å². The molecule has 70 valence electrons. The van der Waals surface area contributed by atoms with Gasteiger partial charge in [-0.2, -0.15) is 0 Å². The van der Waals surface area contributed by atoms with Crippen LogP contribution in [0.25, 0.3) is 17.2 Å². The number of aryl methyl sites for hydroxylation is 1. The number of allylic oxidation sites excluding steroid dienone is 1. The largest absolute Gasteiger partial charge is 0.451 e. The zero-order chi connectivity index (χ0) is 9.54. The maximum atomic E-state index is 5.91. The molecule has 0 aromatic carbocycles. The predicted octanol–water partition coefficient (Wildman–Crippen LogP) is 2.84. The number of hydrogen-bond donors (Lipinski definition) is 0. The minimum Gasteiger partial charge on any atom is -0.451 e. The van der Waals surface area contributed by atoms with Crippen molar-refractivity contribution in [3.8, 4) is 0 Å². The summed E-state index contributed by atoms with van der Waals surface area (Å²) in [5.41, 5.74) is 2.60. The van der Waals surface area contributed by atoms with Crippen LogP contribution >= 0.6 is 11.6 Å². The van der Waals surface area contributed by atoms with Crippen molar-refractivity contribution in [3.63, 3.8) is 0 Å². The summed E-state index contributed by atoms with van der Waals surface area (Å²) in [6.45, 7) is 0. The van der Waals surface area contributed by atoms with E-state index in [9.17, 15) is 0 Å². The molecule has 0 amide bonds. The molecule has 14 heavy (non-hydrogen) atoms. The maximum absolute atomic E-state index is 5.91. The van der Waals surface area contributed by atoms with Gasteiger partial charge in [0.05, 0.1) is 0 Å². The molecule has 3 nitrogen and oxygen atoms in total. The van der Waals surface area contributed by atoms with Gasteiger partial charge in [-0.1, -0.05) is 17.7 Å². The van der Waals surface area contributed by atoms with Crippen molar-refractivity contribution in [2.24, 2.45) is 0 Å². The van der Waals surface area contributed by atoms with E-state index in [4.69, 9.17) is 16.0 Å². The molecule has 3 rings (SSSR count).